The summed E-state index contributed by atoms with van der Waals surface area (Å²) in [6.07, 6.45) is -0.304. The third-order valence-corrected chi connectivity index (χ3v) is 5.51. The van der Waals surface area contributed by atoms with Crippen LogP contribution in [-0.4, -0.2) is 36.0 Å². The van der Waals surface area contributed by atoms with Gasteiger partial charge in [0.1, 0.15) is 5.69 Å². The number of nitrogens with zero attached hydrogens (tertiary/aromatic N) is 1. The van der Waals surface area contributed by atoms with E-state index in [0.717, 1.165) is 0 Å². The van der Waals surface area contributed by atoms with E-state index in [4.69, 9.17) is 19.6 Å². The molecule has 1 spiro atoms. The van der Waals surface area contributed by atoms with Crippen molar-refractivity contribution in [3.8, 4) is 11.3 Å². The van der Waals surface area contributed by atoms with Gasteiger partial charge in [0, 0.05) is 15.7 Å². The number of rotatable bonds is 5. The highest BCUT2D eigenvalue weighted by atomic mass is 79.9. The number of esters is 2. The topological polar surface area (TPSA) is 134 Å². The summed E-state index contributed by atoms with van der Waals surface area (Å²) in [6, 6.07) is 5.11. The standard InChI is InChI=1S/C20H18BrN3O6/c1-3-28-13(25)8-12-14(17(26)29-4-2)20(18(27)23-12)11-7-9(21)5-6-10(11)15-16(20)24-19(22)30-15/h5-7H,3-4,8H2,1-2H3,(H2,22,24)(H,23,27)/t20-/m1/s1. The summed E-state index contributed by atoms with van der Waals surface area (Å²) in [5, 5.41) is 2.68. The molecule has 2 aliphatic rings. The van der Waals surface area contributed by atoms with Crippen molar-refractivity contribution in [3.05, 3.63) is 45.2 Å². The number of hydrogen-bond acceptors (Lipinski definition) is 8. The van der Waals surface area contributed by atoms with Crippen molar-refractivity contribution in [1.82, 2.24) is 10.3 Å². The lowest BCUT2D eigenvalue weighted by Crippen LogP contribution is -2.40. The molecule has 156 valence electrons. The molecular formula is C20H18BrN3O6. The molecule has 1 amide bonds. The van der Waals surface area contributed by atoms with Crippen LogP contribution in [0.25, 0.3) is 11.3 Å². The fraction of sp³-hybridized carbons (Fsp3) is 0.300. The fourth-order valence-corrected chi connectivity index (χ4v) is 4.37. The molecule has 0 fully saturated rings. The van der Waals surface area contributed by atoms with E-state index in [-0.39, 0.29) is 42.6 Å². The Balaban J connectivity index is 2.02. The van der Waals surface area contributed by atoms with Gasteiger partial charge in [-0.25, -0.2) is 4.79 Å². The number of aromatic nitrogens is 1. The molecule has 0 radical (unpaired) electrons. The van der Waals surface area contributed by atoms with Crippen molar-refractivity contribution >= 4 is 39.8 Å². The molecule has 3 N–H and O–H groups in total. The quantitative estimate of drug-likeness (QED) is 0.628. The summed E-state index contributed by atoms with van der Waals surface area (Å²) in [4.78, 5) is 43.0. The van der Waals surface area contributed by atoms with Gasteiger partial charge >= 0.3 is 11.9 Å². The van der Waals surface area contributed by atoms with Crippen LogP contribution in [0.15, 0.2) is 38.4 Å². The second-order valence-corrected chi connectivity index (χ2v) is 7.60. The molecule has 1 aliphatic carbocycles. The van der Waals surface area contributed by atoms with E-state index in [1.54, 1.807) is 32.0 Å². The first-order valence-electron chi connectivity index (χ1n) is 9.29. The zero-order chi connectivity index (χ0) is 21.6. The smallest absolute Gasteiger partial charge is 0.337 e. The Hall–Kier alpha value is -3.14. The molecule has 0 saturated heterocycles. The summed E-state index contributed by atoms with van der Waals surface area (Å²) < 4.78 is 16.5. The molecule has 10 heteroatoms. The number of amides is 1. The van der Waals surface area contributed by atoms with Gasteiger partial charge < -0.3 is 24.9 Å². The lowest BCUT2D eigenvalue weighted by molar-refractivity contribution is -0.142. The first-order valence-corrected chi connectivity index (χ1v) is 10.1. The zero-order valence-corrected chi connectivity index (χ0v) is 17.8. The number of benzene rings is 1. The summed E-state index contributed by atoms with van der Waals surface area (Å²) in [5.41, 5.74) is 5.47. The van der Waals surface area contributed by atoms with Crippen LogP contribution in [0.5, 0.6) is 0 Å². The van der Waals surface area contributed by atoms with Crippen molar-refractivity contribution in [3.63, 3.8) is 0 Å². The Bertz CT molecular complexity index is 1120. The maximum atomic E-state index is 13.5. The predicted molar refractivity (Wildman–Crippen MR) is 108 cm³/mol. The Kier molecular flexibility index (Phi) is 4.89. The molecule has 1 aromatic carbocycles. The number of ether oxygens (including phenoxy) is 2. The highest BCUT2D eigenvalue weighted by molar-refractivity contribution is 9.10. The first kappa shape index (κ1) is 20.1. The zero-order valence-electron chi connectivity index (χ0n) is 16.2. The third kappa shape index (κ3) is 2.74. The Labute approximate surface area is 179 Å². The molecule has 0 bridgehead atoms. The lowest BCUT2D eigenvalue weighted by atomic mass is 9.74. The van der Waals surface area contributed by atoms with Crippen LogP contribution in [0.2, 0.25) is 0 Å². The molecule has 30 heavy (non-hydrogen) atoms. The van der Waals surface area contributed by atoms with Gasteiger partial charge in [0.2, 0.25) is 5.91 Å². The van der Waals surface area contributed by atoms with Crippen molar-refractivity contribution in [2.75, 3.05) is 18.9 Å². The van der Waals surface area contributed by atoms with E-state index in [0.29, 0.717) is 21.4 Å². The van der Waals surface area contributed by atoms with Crippen LogP contribution in [0.4, 0.5) is 6.01 Å². The second kappa shape index (κ2) is 7.28. The number of carbonyl (C=O) groups is 3. The number of anilines is 1. The average Bonchev–Trinajstić information content (AvgIpc) is 3.27. The number of halogens is 1. The third-order valence-electron chi connectivity index (χ3n) is 5.02. The number of nitrogens with one attached hydrogen (secondary N) is 1. The Morgan fingerprint density at radius 1 is 1.27 bits per heavy atom. The van der Waals surface area contributed by atoms with Gasteiger partial charge in [0.05, 0.1) is 25.2 Å². The molecule has 2 heterocycles. The minimum atomic E-state index is -1.65. The highest BCUT2D eigenvalue weighted by Gasteiger charge is 2.62. The van der Waals surface area contributed by atoms with E-state index in [9.17, 15) is 14.4 Å². The Morgan fingerprint density at radius 3 is 2.70 bits per heavy atom. The summed E-state index contributed by atoms with van der Waals surface area (Å²) in [5.74, 6) is -1.57. The molecule has 2 aromatic rings. The minimum absolute atomic E-state index is 0.0196. The van der Waals surface area contributed by atoms with Gasteiger partial charge in [-0.05, 0) is 37.6 Å². The van der Waals surface area contributed by atoms with Crippen LogP contribution >= 0.6 is 15.9 Å². The van der Waals surface area contributed by atoms with Crippen molar-refractivity contribution < 1.29 is 28.3 Å². The molecule has 1 atom stereocenters. The normalized spacial score (nSPS) is 19.0. The van der Waals surface area contributed by atoms with Gasteiger partial charge in [0.15, 0.2) is 11.2 Å². The van der Waals surface area contributed by atoms with E-state index >= 15 is 0 Å². The van der Waals surface area contributed by atoms with Crippen LogP contribution in [0.1, 0.15) is 31.5 Å². The summed E-state index contributed by atoms with van der Waals surface area (Å²) in [7, 11) is 0. The number of nitrogens with two attached hydrogens (primary N) is 1. The molecular weight excluding hydrogens is 458 g/mol. The average molecular weight is 476 g/mol. The van der Waals surface area contributed by atoms with Crippen LogP contribution < -0.4 is 11.1 Å². The predicted octanol–water partition coefficient (Wildman–Crippen LogP) is 2.19. The van der Waals surface area contributed by atoms with Gasteiger partial charge in [0.25, 0.3) is 6.01 Å². The number of oxazole rings is 1. The summed E-state index contributed by atoms with van der Waals surface area (Å²) in [6.45, 7) is 3.57. The maximum absolute atomic E-state index is 13.5. The van der Waals surface area contributed by atoms with E-state index < -0.39 is 23.3 Å². The minimum Gasteiger partial charge on any atom is -0.466 e. The largest absolute Gasteiger partial charge is 0.466 e. The van der Waals surface area contributed by atoms with Gasteiger partial charge in [-0.2, -0.15) is 4.98 Å². The second-order valence-electron chi connectivity index (χ2n) is 6.68. The van der Waals surface area contributed by atoms with Gasteiger partial charge in [-0.3, -0.25) is 9.59 Å². The van der Waals surface area contributed by atoms with Crippen LogP contribution in [0.3, 0.4) is 0 Å². The van der Waals surface area contributed by atoms with E-state index in [2.05, 4.69) is 26.2 Å². The van der Waals surface area contributed by atoms with E-state index in [1.807, 2.05) is 0 Å². The number of carbonyl (C=O) groups excluding carboxylic acids is 3. The van der Waals surface area contributed by atoms with Gasteiger partial charge in [-0.15, -0.1) is 0 Å². The first-order chi connectivity index (χ1) is 14.3. The number of fused-ring (bicyclic) bond motifs is 5. The molecule has 1 aliphatic heterocycles. The molecule has 0 unspecified atom stereocenters. The molecule has 0 saturated carbocycles. The molecule has 1 aromatic heterocycles. The van der Waals surface area contributed by atoms with Gasteiger partial charge in [-0.1, -0.05) is 15.9 Å². The SMILES string of the molecule is CCOC(=O)CC1=C(C(=O)OCC)[C@]2(C(=O)N1)c1cc(Br)ccc1-c1oc(N)nc12. The monoisotopic (exact) mass is 475 g/mol. The van der Waals surface area contributed by atoms with Crippen molar-refractivity contribution in [2.24, 2.45) is 0 Å². The van der Waals surface area contributed by atoms with Crippen LogP contribution in [-0.2, 0) is 29.3 Å². The Morgan fingerprint density at radius 2 is 2.00 bits per heavy atom. The van der Waals surface area contributed by atoms with E-state index in [1.165, 1.54) is 0 Å². The number of hydrogen-bond donors (Lipinski definition) is 2. The lowest BCUT2D eigenvalue weighted by Gasteiger charge is -2.24. The number of nitrogen functional groups attached to an aromatic ring is 1. The fourth-order valence-electron chi connectivity index (χ4n) is 4.01. The highest BCUT2D eigenvalue weighted by Crippen LogP contribution is 2.56. The molecule has 4 rings (SSSR count). The summed E-state index contributed by atoms with van der Waals surface area (Å²) >= 11 is 3.41. The maximum Gasteiger partial charge on any atom is 0.337 e. The van der Waals surface area contributed by atoms with Crippen molar-refractivity contribution in [2.45, 2.75) is 25.7 Å². The van der Waals surface area contributed by atoms with Crippen molar-refractivity contribution in [1.29, 1.82) is 0 Å². The van der Waals surface area contributed by atoms with Crippen LogP contribution in [0, 0.1) is 0 Å². The molecule has 9 nitrogen and oxygen atoms in total.